The van der Waals surface area contributed by atoms with E-state index in [-0.39, 0.29) is 0 Å². The van der Waals surface area contributed by atoms with Crippen LogP contribution in [0.25, 0.3) is 0 Å². The van der Waals surface area contributed by atoms with E-state index in [9.17, 15) is 0 Å². The van der Waals surface area contributed by atoms with E-state index < -0.39 is 0 Å². The second kappa shape index (κ2) is 13.1. The largest absolute Gasteiger partial charge is 0.371 e. The first-order valence-corrected chi connectivity index (χ1v) is 8.02. The molecular formula is C12H23NS4. The van der Waals surface area contributed by atoms with E-state index in [0.29, 0.717) is 4.32 Å². The Morgan fingerprint density at radius 2 is 1.24 bits per heavy atom. The number of hydrogen-bond acceptors (Lipinski definition) is 2. The zero-order valence-corrected chi connectivity index (χ0v) is 13.7. The van der Waals surface area contributed by atoms with E-state index in [1.807, 2.05) is 0 Å². The first kappa shape index (κ1) is 17.7. The molecular weight excluding hydrogens is 286 g/mol. The number of hydrogen-bond donors (Lipinski definition) is 3. The molecule has 0 atom stereocenters. The van der Waals surface area contributed by atoms with Crippen molar-refractivity contribution in [3.05, 3.63) is 0 Å². The van der Waals surface area contributed by atoms with Gasteiger partial charge in [-0.2, -0.15) is 0 Å². The predicted molar refractivity (Wildman–Crippen MR) is 92.7 cm³/mol. The Kier molecular flexibility index (Phi) is 13.6. The third-order valence-corrected chi connectivity index (χ3v) is 3.32. The maximum absolute atomic E-state index is 4.92. The molecule has 1 N–H and O–H groups in total. The third-order valence-electron chi connectivity index (χ3n) is 2.59. The minimum atomic E-state index is 0.604. The van der Waals surface area contributed by atoms with Gasteiger partial charge in [-0.1, -0.05) is 63.0 Å². The normalized spacial score (nSPS) is 10.2. The average Bonchev–Trinajstić information content (AvgIpc) is 2.25. The van der Waals surface area contributed by atoms with E-state index in [2.05, 4.69) is 30.6 Å². The first-order chi connectivity index (χ1) is 8.13. The van der Waals surface area contributed by atoms with Crippen LogP contribution in [0.3, 0.4) is 0 Å². The fourth-order valence-corrected chi connectivity index (χ4v) is 2.17. The van der Waals surface area contributed by atoms with Crippen molar-refractivity contribution in [2.45, 2.75) is 57.8 Å². The lowest BCUT2D eigenvalue weighted by Crippen LogP contribution is -2.17. The van der Waals surface area contributed by atoms with Crippen LogP contribution >= 0.6 is 49.7 Å². The van der Waals surface area contributed by atoms with Crippen molar-refractivity contribution in [2.24, 2.45) is 0 Å². The van der Waals surface area contributed by atoms with Gasteiger partial charge in [0.15, 0.2) is 0 Å². The van der Waals surface area contributed by atoms with Crippen LogP contribution in [-0.2, 0) is 0 Å². The Morgan fingerprint density at radius 1 is 0.765 bits per heavy atom. The van der Waals surface area contributed by atoms with Gasteiger partial charge < -0.3 is 5.32 Å². The number of thiocarbonyl (C=S) groups is 2. The van der Waals surface area contributed by atoms with Gasteiger partial charge in [0, 0.05) is 10.7 Å². The minimum absolute atomic E-state index is 0.604. The van der Waals surface area contributed by atoms with E-state index >= 15 is 0 Å². The van der Waals surface area contributed by atoms with E-state index in [1.54, 1.807) is 0 Å². The summed E-state index contributed by atoms with van der Waals surface area (Å²) in [5.41, 5.74) is 0. The van der Waals surface area contributed by atoms with E-state index in [0.717, 1.165) is 17.2 Å². The van der Waals surface area contributed by atoms with Crippen molar-refractivity contribution < 1.29 is 0 Å². The van der Waals surface area contributed by atoms with E-state index in [4.69, 9.17) is 24.4 Å². The molecule has 0 amide bonds. The molecule has 0 bridgehead atoms. The molecule has 0 aromatic carbocycles. The number of thiol groups is 2. The molecule has 0 saturated heterocycles. The lowest BCUT2D eigenvalue weighted by atomic mass is 10.1. The zero-order valence-electron chi connectivity index (χ0n) is 10.3. The Labute approximate surface area is 127 Å². The Morgan fingerprint density at radius 3 is 1.71 bits per heavy atom. The molecule has 0 aliphatic rings. The summed E-state index contributed by atoms with van der Waals surface area (Å²) in [5, 5.41) is 3.05. The topological polar surface area (TPSA) is 12.0 Å². The lowest BCUT2D eigenvalue weighted by molar-refractivity contribution is 0.570. The summed E-state index contributed by atoms with van der Waals surface area (Å²) in [6.07, 6.45) is 11.3. The smallest absolute Gasteiger partial charge is 0.130 e. The molecule has 1 nitrogen and oxygen atoms in total. The molecule has 100 valence electrons. The Balaban J connectivity index is 2.98. The van der Waals surface area contributed by atoms with Crippen molar-refractivity contribution in [1.29, 1.82) is 0 Å². The average molecular weight is 310 g/mol. The van der Waals surface area contributed by atoms with Crippen LogP contribution in [0.1, 0.15) is 57.8 Å². The molecule has 0 aliphatic heterocycles. The fourth-order valence-electron chi connectivity index (χ4n) is 1.66. The monoisotopic (exact) mass is 309 g/mol. The molecule has 5 heteroatoms. The minimum Gasteiger partial charge on any atom is -0.371 e. The maximum Gasteiger partial charge on any atom is 0.130 e. The van der Waals surface area contributed by atoms with Crippen LogP contribution in [-0.4, -0.2) is 15.1 Å². The second-order valence-electron chi connectivity index (χ2n) is 4.20. The number of nitrogens with one attached hydrogen (secondary N) is 1. The molecule has 17 heavy (non-hydrogen) atoms. The Hall–Kier alpha value is 0.680. The molecule has 0 heterocycles. The highest BCUT2D eigenvalue weighted by Crippen LogP contribution is 2.10. The highest BCUT2D eigenvalue weighted by Gasteiger charge is 1.94. The molecule has 0 rings (SSSR count). The van der Waals surface area contributed by atoms with Gasteiger partial charge in [0.2, 0.25) is 0 Å². The molecule has 0 fully saturated rings. The molecule has 0 aliphatic carbocycles. The van der Waals surface area contributed by atoms with Crippen molar-refractivity contribution in [3.63, 3.8) is 0 Å². The third kappa shape index (κ3) is 16.7. The molecule has 0 aromatic heterocycles. The van der Waals surface area contributed by atoms with Gasteiger partial charge in [-0.05, 0) is 19.3 Å². The maximum atomic E-state index is 4.92. The summed E-state index contributed by atoms with van der Waals surface area (Å²) in [5.74, 6) is 0. The van der Waals surface area contributed by atoms with Gasteiger partial charge in [0.1, 0.15) is 4.32 Å². The summed E-state index contributed by atoms with van der Waals surface area (Å²) in [7, 11) is 0. The molecule has 0 aromatic rings. The van der Waals surface area contributed by atoms with Crippen molar-refractivity contribution in [1.82, 2.24) is 5.32 Å². The summed E-state index contributed by atoms with van der Waals surface area (Å²) < 4.78 is 1.45. The standard InChI is InChI=1S/C12H23NS4/c14-11(15)9-7-5-3-1-2-4-6-8-10-13-12(16)17/h1-10H2,(H,14,15)(H2,13,16,17). The molecule has 0 radical (unpaired) electrons. The van der Waals surface area contributed by atoms with Crippen LogP contribution in [0.5, 0.6) is 0 Å². The van der Waals surface area contributed by atoms with Crippen molar-refractivity contribution in [3.8, 4) is 0 Å². The summed E-state index contributed by atoms with van der Waals surface area (Å²) in [4.78, 5) is 0. The number of unbranched alkanes of at least 4 members (excludes halogenated alkanes) is 7. The molecule has 0 spiro atoms. The second-order valence-corrected chi connectivity index (χ2v) is 6.70. The highest BCUT2D eigenvalue weighted by molar-refractivity contribution is 8.11. The molecule has 0 unspecified atom stereocenters. The zero-order chi connectivity index (χ0) is 12.9. The van der Waals surface area contributed by atoms with Gasteiger partial charge in [-0.15, -0.1) is 25.3 Å². The van der Waals surface area contributed by atoms with Crippen LogP contribution in [0.15, 0.2) is 0 Å². The summed E-state index contributed by atoms with van der Waals surface area (Å²) in [6, 6.07) is 0. The lowest BCUT2D eigenvalue weighted by Gasteiger charge is -2.03. The van der Waals surface area contributed by atoms with Gasteiger partial charge in [0.05, 0.1) is 0 Å². The SMILES string of the molecule is S=C(S)CCCCCCCCCCNC(=S)S. The predicted octanol–water partition coefficient (Wildman–Crippen LogP) is 4.56. The van der Waals surface area contributed by atoms with Crippen molar-refractivity contribution in [2.75, 3.05) is 6.54 Å². The van der Waals surface area contributed by atoms with Crippen LogP contribution in [0.2, 0.25) is 0 Å². The fraction of sp³-hybridized carbons (Fsp3) is 0.833. The highest BCUT2D eigenvalue weighted by atomic mass is 32.1. The van der Waals surface area contributed by atoms with Gasteiger partial charge in [-0.3, -0.25) is 0 Å². The van der Waals surface area contributed by atoms with Crippen LogP contribution in [0.4, 0.5) is 0 Å². The van der Waals surface area contributed by atoms with Crippen LogP contribution < -0.4 is 5.32 Å². The van der Waals surface area contributed by atoms with Crippen LogP contribution in [0, 0.1) is 0 Å². The van der Waals surface area contributed by atoms with Gasteiger partial charge in [-0.25, -0.2) is 0 Å². The summed E-state index contributed by atoms with van der Waals surface area (Å²) in [6.45, 7) is 0.960. The van der Waals surface area contributed by atoms with E-state index in [1.165, 1.54) is 51.4 Å². The van der Waals surface area contributed by atoms with Crippen molar-refractivity contribution >= 4 is 58.2 Å². The quantitative estimate of drug-likeness (QED) is 0.294. The Bertz CT molecular complexity index is 197. The number of rotatable bonds is 11. The summed E-state index contributed by atoms with van der Waals surface area (Å²) >= 11 is 17.9. The first-order valence-electron chi connectivity index (χ1n) is 6.31. The molecule has 0 saturated carbocycles. The van der Waals surface area contributed by atoms with Gasteiger partial charge in [0.25, 0.3) is 0 Å². The van der Waals surface area contributed by atoms with Gasteiger partial charge >= 0.3 is 0 Å².